The van der Waals surface area contributed by atoms with E-state index in [4.69, 9.17) is 4.74 Å². The van der Waals surface area contributed by atoms with Crippen LogP contribution in [-0.2, 0) is 11.3 Å². The van der Waals surface area contributed by atoms with E-state index in [1.54, 1.807) is 12.5 Å². The predicted molar refractivity (Wildman–Crippen MR) is 98.3 cm³/mol. The van der Waals surface area contributed by atoms with Crippen molar-refractivity contribution in [3.63, 3.8) is 0 Å². The molecule has 0 unspecified atom stereocenters. The lowest BCUT2D eigenvalue weighted by Gasteiger charge is -2.19. The standard InChI is InChI=1S/C18H16Br2N2O/c19-16-5-1-14(2-6-16)18(15-3-7-17(20)8-4-15)23-12-11-22-10-9-21-13-22/h1-10,13,18H,11-12H2. The van der Waals surface area contributed by atoms with Crippen LogP contribution in [0.5, 0.6) is 0 Å². The van der Waals surface area contributed by atoms with E-state index in [9.17, 15) is 0 Å². The molecule has 3 aromatic rings. The molecule has 1 heterocycles. The Balaban J connectivity index is 1.77. The van der Waals surface area contributed by atoms with Gasteiger partial charge in [0.05, 0.1) is 12.9 Å². The minimum Gasteiger partial charge on any atom is -0.367 e. The van der Waals surface area contributed by atoms with Crippen LogP contribution in [-0.4, -0.2) is 16.2 Å². The summed E-state index contributed by atoms with van der Waals surface area (Å²) in [6, 6.07) is 16.5. The minimum absolute atomic E-state index is 0.0836. The molecular weight excluding hydrogens is 420 g/mol. The van der Waals surface area contributed by atoms with Crippen LogP contribution in [0.3, 0.4) is 0 Å². The Kier molecular flexibility index (Phi) is 5.65. The number of hydrogen-bond donors (Lipinski definition) is 0. The van der Waals surface area contributed by atoms with Crippen LogP contribution in [0, 0.1) is 0 Å². The number of nitrogens with zero attached hydrogens (tertiary/aromatic N) is 2. The maximum absolute atomic E-state index is 6.19. The number of rotatable bonds is 6. The highest BCUT2D eigenvalue weighted by Crippen LogP contribution is 2.28. The van der Waals surface area contributed by atoms with Gasteiger partial charge in [0.15, 0.2) is 0 Å². The number of ether oxygens (including phenoxy) is 1. The van der Waals surface area contributed by atoms with E-state index in [2.05, 4.69) is 61.1 Å². The highest BCUT2D eigenvalue weighted by Gasteiger charge is 2.14. The van der Waals surface area contributed by atoms with Crippen molar-refractivity contribution >= 4 is 31.9 Å². The summed E-state index contributed by atoms with van der Waals surface area (Å²) in [7, 11) is 0. The summed E-state index contributed by atoms with van der Waals surface area (Å²) >= 11 is 6.96. The molecule has 0 aliphatic heterocycles. The zero-order valence-corrected chi connectivity index (χ0v) is 15.6. The van der Waals surface area contributed by atoms with Crippen molar-refractivity contribution in [1.82, 2.24) is 9.55 Å². The normalized spacial score (nSPS) is 11.1. The summed E-state index contributed by atoms with van der Waals surface area (Å²) in [5.74, 6) is 0. The van der Waals surface area contributed by atoms with Gasteiger partial charge in [0.25, 0.3) is 0 Å². The zero-order chi connectivity index (χ0) is 16.1. The van der Waals surface area contributed by atoms with E-state index in [1.807, 2.05) is 35.0 Å². The van der Waals surface area contributed by atoms with Crippen molar-refractivity contribution in [2.45, 2.75) is 12.6 Å². The van der Waals surface area contributed by atoms with Gasteiger partial charge in [-0.15, -0.1) is 0 Å². The molecule has 0 fully saturated rings. The number of halogens is 2. The van der Waals surface area contributed by atoms with Crippen LogP contribution in [0.2, 0.25) is 0 Å². The Labute approximate surface area is 152 Å². The Morgan fingerprint density at radius 1 is 0.913 bits per heavy atom. The topological polar surface area (TPSA) is 27.1 Å². The summed E-state index contributed by atoms with van der Waals surface area (Å²) < 4.78 is 10.3. The Hall–Kier alpha value is -1.43. The van der Waals surface area contributed by atoms with Gasteiger partial charge < -0.3 is 9.30 Å². The highest BCUT2D eigenvalue weighted by atomic mass is 79.9. The third-order valence-electron chi connectivity index (χ3n) is 3.54. The summed E-state index contributed by atoms with van der Waals surface area (Å²) in [5, 5.41) is 0. The number of benzene rings is 2. The molecule has 0 amide bonds. The lowest BCUT2D eigenvalue weighted by molar-refractivity contribution is 0.0738. The first kappa shape index (κ1) is 16.4. The SMILES string of the molecule is Brc1ccc(C(OCCn2ccnc2)c2ccc(Br)cc2)cc1. The van der Waals surface area contributed by atoms with Crippen molar-refractivity contribution < 1.29 is 4.74 Å². The van der Waals surface area contributed by atoms with Crippen molar-refractivity contribution in [2.75, 3.05) is 6.61 Å². The van der Waals surface area contributed by atoms with Gasteiger partial charge in [-0.1, -0.05) is 56.1 Å². The third kappa shape index (κ3) is 4.53. The maximum Gasteiger partial charge on any atom is 0.108 e. The lowest BCUT2D eigenvalue weighted by Crippen LogP contribution is -2.11. The van der Waals surface area contributed by atoms with E-state index in [0.717, 1.165) is 26.6 Å². The van der Waals surface area contributed by atoms with Gasteiger partial charge in [-0.05, 0) is 35.4 Å². The van der Waals surface area contributed by atoms with Crippen LogP contribution in [0.4, 0.5) is 0 Å². The average molecular weight is 436 g/mol. The first-order chi connectivity index (χ1) is 11.2. The fraction of sp³-hybridized carbons (Fsp3) is 0.167. The van der Waals surface area contributed by atoms with Crippen LogP contribution in [0.1, 0.15) is 17.2 Å². The first-order valence-corrected chi connectivity index (χ1v) is 8.89. The van der Waals surface area contributed by atoms with Gasteiger partial charge in [-0.2, -0.15) is 0 Å². The Bertz CT molecular complexity index is 679. The van der Waals surface area contributed by atoms with E-state index in [0.29, 0.717) is 6.61 Å². The van der Waals surface area contributed by atoms with Crippen LogP contribution in [0.25, 0.3) is 0 Å². The van der Waals surface area contributed by atoms with Gasteiger partial charge in [-0.25, -0.2) is 4.98 Å². The summed E-state index contributed by atoms with van der Waals surface area (Å²) in [5.41, 5.74) is 2.28. The monoisotopic (exact) mass is 434 g/mol. The molecule has 23 heavy (non-hydrogen) atoms. The fourth-order valence-corrected chi connectivity index (χ4v) is 2.88. The molecule has 3 nitrogen and oxygen atoms in total. The average Bonchev–Trinajstić information content (AvgIpc) is 3.07. The third-order valence-corrected chi connectivity index (χ3v) is 4.60. The largest absolute Gasteiger partial charge is 0.367 e. The quantitative estimate of drug-likeness (QED) is 0.531. The molecule has 0 saturated carbocycles. The molecule has 1 aromatic heterocycles. The summed E-state index contributed by atoms with van der Waals surface area (Å²) in [4.78, 5) is 4.05. The second-order valence-electron chi connectivity index (χ2n) is 5.15. The predicted octanol–water partition coefficient (Wildman–Crippen LogP) is 5.21. The highest BCUT2D eigenvalue weighted by molar-refractivity contribution is 9.10. The molecule has 0 N–H and O–H groups in total. The molecule has 0 spiro atoms. The van der Waals surface area contributed by atoms with Gasteiger partial charge in [0.2, 0.25) is 0 Å². The van der Waals surface area contributed by atoms with Crippen LogP contribution >= 0.6 is 31.9 Å². The van der Waals surface area contributed by atoms with E-state index in [1.165, 1.54) is 0 Å². The van der Waals surface area contributed by atoms with E-state index >= 15 is 0 Å². The molecule has 118 valence electrons. The van der Waals surface area contributed by atoms with Crippen molar-refractivity contribution in [2.24, 2.45) is 0 Å². The molecule has 0 atom stereocenters. The second-order valence-corrected chi connectivity index (χ2v) is 6.99. The van der Waals surface area contributed by atoms with Gasteiger partial charge in [0, 0.05) is 27.9 Å². The number of imidazole rings is 1. The molecule has 5 heteroatoms. The molecule has 0 bridgehead atoms. The molecule has 0 radical (unpaired) electrons. The second kappa shape index (κ2) is 7.90. The lowest BCUT2D eigenvalue weighted by atomic mass is 10.0. The van der Waals surface area contributed by atoms with Crippen molar-refractivity contribution in [3.8, 4) is 0 Å². The van der Waals surface area contributed by atoms with Crippen LogP contribution < -0.4 is 0 Å². The van der Waals surface area contributed by atoms with Crippen molar-refractivity contribution in [1.29, 1.82) is 0 Å². The van der Waals surface area contributed by atoms with Crippen molar-refractivity contribution in [3.05, 3.63) is 87.3 Å². The molecular formula is C18H16Br2N2O. The number of aromatic nitrogens is 2. The minimum atomic E-state index is -0.0836. The Morgan fingerprint density at radius 2 is 1.48 bits per heavy atom. The summed E-state index contributed by atoms with van der Waals surface area (Å²) in [6.45, 7) is 1.40. The maximum atomic E-state index is 6.19. The first-order valence-electron chi connectivity index (χ1n) is 7.30. The molecule has 0 aliphatic rings. The van der Waals surface area contributed by atoms with Gasteiger partial charge in [0.1, 0.15) is 6.10 Å². The molecule has 0 aliphatic carbocycles. The van der Waals surface area contributed by atoms with Crippen LogP contribution in [0.15, 0.2) is 76.2 Å². The zero-order valence-electron chi connectivity index (χ0n) is 12.4. The Morgan fingerprint density at radius 3 is 1.96 bits per heavy atom. The van der Waals surface area contributed by atoms with Gasteiger partial charge in [-0.3, -0.25) is 0 Å². The molecule has 3 rings (SSSR count). The van der Waals surface area contributed by atoms with Gasteiger partial charge >= 0.3 is 0 Å². The van der Waals surface area contributed by atoms with E-state index in [-0.39, 0.29) is 6.10 Å². The smallest absolute Gasteiger partial charge is 0.108 e. The fourth-order valence-electron chi connectivity index (χ4n) is 2.36. The molecule has 2 aromatic carbocycles. The summed E-state index contributed by atoms with van der Waals surface area (Å²) in [6.07, 6.45) is 5.44. The molecule has 0 saturated heterocycles. The van der Waals surface area contributed by atoms with E-state index < -0.39 is 0 Å². The number of hydrogen-bond acceptors (Lipinski definition) is 2.